The zero-order valence-corrected chi connectivity index (χ0v) is 18.5. The van der Waals surface area contributed by atoms with E-state index in [0.717, 1.165) is 24.8 Å². The number of pyridine rings is 1. The SMILES string of the molecule is COC(=O)c1cccc(NC(=O)Cc2ccncc2)c1N1C(N)=NC(N)=NC12CCCCC2. The third-order valence-electron chi connectivity index (χ3n) is 5.90. The number of aliphatic imine (C=N–C) groups is 2. The fourth-order valence-electron chi connectivity index (χ4n) is 4.49. The molecule has 1 fully saturated rings. The predicted octanol–water partition coefficient (Wildman–Crippen LogP) is 2.16. The molecular weight excluding hydrogens is 422 g/mol. The molecule has 2 heterocycles. The molecule has 1 aromatic carbocycles. The van der Waals surface area contributed by atoms with Crippen molar-refractivity contribution in [2.45, 2.75) is 44.2 Å². The summed E-state index contributed by atoms with van der Waals surface area (Å²) in [6, 6.07) is 8.58. The smallest absolute Gasteiger partial charge is 0.340 e. The van der Waals surface area contributed by atoms with Gasteiger partial charge in [0.15, 0.2) is 0 Å². The molecule has 4 rings (SSSR count). The van der Waals surface area contributed by atoms with Crippen LogP contribution in [0, 0.1) is 0 Å². The number of nitrogens with one attached hydrogen (secondary N) is 1. The zero-order chi connectivity index (χ0) is 23.4. The molecular formula is C23H27N7O3. The summed E-state index contributed by atoms with van der Waals surface area (Å²) in [7, 11) is 1.31. The lowest BCUT2D eigenvalue weighted by Gasteiger charge is -2.46. The first kappa shape index (κ1) is 22.3. The van der Waals surface area contributed by atoms with E-state index in [-0.39, 0.29) is 29.8 Å². The Bertz CT molecular complexity index is 1110. The van der Waals surface area contributed by atoms with Crippen LogP contribution >= 0.6 is 0 Å². The number of hydrogen-bond acceptors (Lipinski definition) is 9. The number of esters is 1. The molecule has 1 saturated carbocycles. The Kier molecular flexibility index (Phi) is 6.25. The van der Waals surface area contributed by atoms with Gasteiger partial charge in [0.2, 0.25) is 17.8 Å². The Morgan fingerprint density at radius 2 is 1.85 bits per heavy atom. The summed E-state index contributed by atoms with van der Waals surface area (Å²) in [5.74, 6) is -0.593. The number of guanidine groups is 2. The van der Waals surface area contributed by atoms with E-state index in [1.54, 1.807) is 47.6 Å². The summed E-state index contributed by atoms with van der Waals surface area (Å²) in [4.78, 5) is 40.2. The van der Waals surface area contributed by atoms with Gasteiger partial charge in [-0.3, -0.25) is 14.7 Å². The van der Waals surface area contributed by atoms with Gasteiger partial charge in [0.1, 0.15) is 5.66 Å². The van der Waals surface area contributed by atoms with Gasteiger partial charge in [0.25, 0.3) is 0 Å². The molecule has 5 N–H and O–H groups in total. The number of methoxy groups -OCH3 is 1. The highest BCUT2D eigenvalue weighted by atomic mass is 16.5. The van der Waals surface area contributed by atoms with Crippen molar-refractivity contribution in [3.05, 3.63) is 53.9 Å². The van der Waals surface area contributed by atoms with E-state index in [0.29, 0.717) is 24.2 Å². The Morgan fingerprint density at radius 1 is 1.12 bits per heavy atom. The Hall–Kier alpha value is -3.95. The molecule has 33 heavy (non-hydrogen) atoms. The molecule has 1 aliphatic carbocycles. The number of carbonyl (C=O) groups is 2. The van der Waals surface area contributed by atoms with Crippen molar-refractivity contribution in [2.24, 2.45) is 21.5 Å². The van der Waals surface area contributed by atoms with Crippen LogP contribution in [0.2, 0.25) is 0 Å². The largest absolute Gasteiger partial charge is 0.465 e. The first-order chi connectivity index (χ1) is 15.9. The number of anilines is 2. The summed E-state index contributed by atoms with van der Waals surface area (Å²) in [6.07, 6.45) is 7.68. The highest BCUT2D eigenvalue weighted by Crippen LogP contribution is 2.43. The molecule has 2 aromatic rings. The summed E-state index contributed by atoms with van der Waals surface area (Å²) < 4.78 is 5.03. The molecule has 0 unspecified atom stereocenters. The van der Waals surface area contributed by atoms with Gasteiger partial charge in [-0.05, 0) is 55.5 Å². The number of aromatic nitrogens is 1. The van der Waals surface area contributed by atoms with Gasteiger partial charge >= 0.3 is 5.97 Å². The van der Waals surface area contributed by atoms with Crippen molar-refractivity contribution >= 4 is 35.2 Å². The van der Waals surface area contributed by atoms with Gasteiger partial charge in [-0.25, -0.2) is 9.79 Å². The second kappa shape index (κ2) is 9.27. The molecule has 0 bridgehead atoms. The fraction of sp³-hybridized carbons (Fsp3) is 0.348. The minimum absolute atomic E-state index is 0.101. The van der Waals surface area contributed by atoms with E-state index >= 15 is 0 Å². The van der Waals surface area contributed by atoms with Gasteiger partial charge < -0.3 is 21.5 Å². The number of hydrogen-bond donors (Lipinski definition) is 3. The lowest BCUT2D eigenvalue weighted by atomic mass is 9.86. The Labute approximate surface area is 191 Å². The maximum Gasteiger partial charge on any atom is 0.340 e. The van der Waals surface area contributed by atoms with Crippen LogP contribution in [0.3, 0.4) is 0 Å². The topological polar surface area (TPSA) is 148 Å². The van der Waals surface area contributed by atoms with Crippen molar-refractivity contribution in [3.63, 3.8) is 0 Å². The molecule has 172 valence electrons. The molecule has 0 atom stereocenters. The maximum atomic E-state index is 12.9. The van der Waals surface area contributed by atoms with Gasteiger partial charge in [-0.2, -0.15) is 4.99 Å². The number of para-hydroxylation sites is 1. The van der Waals surface area contributed by atoms with E-state index < -0.39 is 11.6 Å². The van der Waals surface area contributed by atoms with E-state index in [9.17, 15) is 9.59 Å². The highest BCUT2D eigenvalue weighted by molar-refractivity contribution is 6.13. The third-order valence-corrected chi connectivity index (χ3v) is 5.90. The zero-order valence-electron chi connectivity index (χ0n) is 18.5. The molecule has 0 radical (unpaired) electrons. The van der Waals surface area contributed by atoms with Crippen molar-refractivity contribution in [1.82, 2.24) is 4.98 Å². The second-order valence-corrected chi connectivity index (χ2v) is 8.09. The van der Waals surface area contributed by atoms with Crippen LogP contribution in [0.1, 0.15) is 48.0 Å². The van der Waals surface area contributed by atoms with Crippen LogP contribution in [0.15, 0.2) is 52.7 Å². The van der Waals surface area contributed by atoms with Gasteiger partial charge in [0, 0.05) is 12.4 Å². The number of carbonyl (C=O) groups excluding carboxylic acids is 2. The quantitative estimate of drug-likeness (QED) is 0.592. The molecule has 10 nitrogen and oxygen atoms in total. The number of nitrogens with two attached hydrogens (primary N) is 2. The number of nitrogens with zero attached hydrogens (tertiary/aromatic N) is 4. The van der Waals surface area contributed by atoms with E-state index in [4.69, 9.17) is 16.2 Å². The summed E-state index contributed by atoms with van der Waals surface area (Å²) >= 11 is 0. The molecule has 1 amide bonds. The molecule has 1 aliphatic heterocycles. The minimum Gasteiger partial charge on any atom is -0.465 e. The Morgan fingerprint density at radius 3 is 2.55 bits per heavy atom. The maximum absolute atomic E-state index is 12.9. The normalized spacial score (nSPS) is 17.2. The molecule has 1 aromatic heterocycles. The summed E-state index contributed by atoms with van der Waals surface area (Å²) in [5, 5.41) is 2.93. The van der Waals surface area contributed by atoms with Crippen molar-refractivity contribution in [3.8, 4) is 0 Å². The van der Waals surface area contributed by atoms with Crippen LogP contribution in [0.25, 0.3) is 0 Å². The van der Waals surface area contributed by atoms with Crippen molar-refractivity contribution in [1.29, 1.82) is 0 Å². The summed E-state index contributed by atoms with van der Waals surface area (Å²) in [5.41, 5.74) is 13.5. The number of benzene rings is 1. The van der Waals surface area contributed by atoms with E-state index in [1.165, 1.54) is 7.11 Å². The van der Waals surface area contributed by atoms with Crippen LogP contribution in [0.5, 0.6) is 0 Å². The number of rotatable bonds is 5. The van der Waals surface area contributed by atoms with Crippen LogP contribution in [-0.4, -0.2) is 41.6 Å². The number of ether oxygens (including phenoxy) is 1. The van der Waals surface area contributed by atoms with Gasteiger partial charge in [0.05, 0.1) is 30.5 Å². The standard InChI is InChI=1S/C23H27N7O3/c1-33-20(32)16-6-5-7-17(27-18(31)14-15-8-12-26-13-9-15)19(16)30-22(25)28-21(24)29-23(30)10-3-2-4-11-23/h5-9,12-13H,2-4,10-11,14H2,1H3,(H,27,31)(H4,24,25,28,29). The van der Waals surface area contributed by atoms with Crippen LogP contribution in [-0.2, 0) is 16.0 Å². The first-order valence-corrected chi connectivity index (χ1v) is 10.8. The van der Waals surface area contributed by atoms with Gasteiger partial charge in [-0.15, -0.1) is 0 Å². The first-order valence-electron chi connectivity index (χ1n) is 10.8. The molecule has 2 aliphatic rings. The molecule has 1 spiro atoms. The highest BCUT2D eigenvalue weighted by Gasteiger charge is 2.44. The van der Waals surface area contributed by atoms with Crippen molar-refractivity contribution in [2.75, 3.05) is 17.3 Å². The lowest BCUT2D eigenvalue weighted by molar-refractivity contribution is -0.115. The predicted molar refractivity (Wildman–Crippen MR) is 126 cm³/mol. The molecule has 10 heteroatoms. The van der Waals surface area contributed by atoms with E-state index in [1.807, 2.05) is 0 Å². The van der Waals surface area contributed by atoms with Crippen molar-refractivity contribution < 1.29 is 14.3 Å². The lowest BCUT2D eigenvalue weighted by Crippen LogP contribution is -2.58. The average molecular weight is 450 g/mol. The van der Waals surface area contributed by atoms with Gasteiger partial charge in [-0.1, -0.05) is 12.5 Å². The number of amides is 1. The van der Waals surface area contributed by atoms with Crippen LogP contribution < -0.4 is 21.7 Å². The average Bonchev–Trinajstić information content (AvgIpc) is 2.80. The minimum atomic E-state index is -0.789. The molecule has 0 saturated heterocycles. The fourth-order valence-corrected chi connectivity index (χ4v) is 4.49. The summed E-state index contributed by atoms with van der Waals surface area (Å²) in [6.45, 7) is 0. The monoisotopic (exact) mass is 449 g/mol. The Balaban J connectivity index is 1.79. The second-order valence-electron chi connectivity index (χ2n) is 8.09. The van der Waals surface area contributed by atoms with Crippen LogP contribution in [0.4, 0.5) is 11.4 Å². The van der Waals surface area contributed by atoms with E-state index in [2.05, 4.69) is 20.3 Å². The third kappa shape index (κ3) is 4.50.